The molecule has 1 heteroatoms. The number of rotatable bonds is 5. The fourth-order valence-electron chi connectivity index (χ4n) is 8.33. The smallest absolute Gasteiger partial charge is 0.133 e. The van der Waals surface area contributed by atoms with Crippen LogP contribution in [0.15, 0.2) is 11.6 Å². The van der Waals surface area contributed by atoms with Crippen LogP contribution < -0.4 is 0 Å². The van der Waals surface area contributed by atoms with Gasteiger partial charge in [0.1, 0.15) is 5.78 Å². The van der Waals surface area contributed by atoms with Crippen molar-refractivity contribution in [2.24, 2.45) is 46.3 Å². The molecule has 0 N–H and O–H groups in total. The summed E-state index contributed by atoms with van der Waals surface area (Å²) in [7, 11) is 0. The predicted octanol–water partition coefficient (Wildman–Crippen LogP) is 7.60. The first-order valence-corrected chi connectivity index (χ1v) is 12.5. The molecule has 158 valence electrons. The standard InChI is InChI=1S/C27H44O/c1-18(2)7-6-8-19(3)23-11-12-24-22-10-9-20-17-21(28)13-15-26(20,4)25(22)14-16-27(23,24)5/h10,18-20,23-25H,6-9,11-17H2,1-5H3. The zero-order valence-corrected chi connectivity index (χ0v) is 19.2. The summed E-state index contributed by atoms with van der Waals surface area (Å²) in [5.41, 5.74) is 2.78. The third-order valence-corrected chi connectivity index (χ3v) is 10.1. The van der Waals surface area contributed by atoms with Crippen LogP contribution in [0.1, 0.15) is 105 Å². The first kappa shape index (κ1) is 20.7. The van der Waals surface area contributed by atoms with E-state index in [0.29, 0.717) is 22.5 Å². The average Bonchev–Trinajstić information content (AvgIpc) is 2.99. The molecule has 0 heterocycles. The second kappa shape index (κ2) is 7.59. The molecule has 3 saturated carbocycles. The van der Waals surface area contributed by atoms with Gasteiger partial charge in [-0.3, -0.25) is 4.79 Å². The molecule has 0 spiro atoms. The molecule has 0 aromatic carbocycles. The summed E-state index contributed by atoms with van der Waals surface area (Å²) < 4.78 is 0. The molecule has 0 radical (unpaired) electrons. The number of hydrogen-bond donors (Lipinski definition) is 0. The Kier molecular flexibility index (Phi) is 5.60. The van der Waals surface area contributed by atoms with Gasteiger partial charge in [0.15, 0.2) is 0 Å². The number of allylic oxidation sites excluding steroid dienone is 2. The molecule has 1 nitrogen and oxygen atoms in total. The van der Waals surface area contributed by atoms with Crippen molar-refractivity contribution in [1.82, 2.24) is 0 Å². The van der Waals surface area contributed by atoms with Crippen molar-refractivity contribution in [1.29, 1.82) is 0 Å². The van der Waals surface area contributed by atoms with Crippen LogP contribution in [0.3, 0.4) is 0 Å². The minimum atomic E-state index is 0.403. The number of ketones is 1. The fourth-order valence-corrected chi connectivity index (χ4v) is 8.33. The maximum absolute atomic E-state index is 12.1. The van der Waals surface area contributed by atoms with Crippen molar-refractivity contribution in [2.75, 3.05) is 0 Å². The fraction of sp³-hybridized carbons (Fsp3) is 0.889. The second-order valence-corrected chi connectivity index (χ2v) is 12.0. The quantitative estimate of drug-likeness (QED) is 0.446. The Labute approximate surface area is 174 Å². The Morgan fingerprint density at radius 3 is 2.50 bits per heavy atom. The number of carbonyl (C=O) groups is 1. The largest absolute Gasteiger partial charge is 0.300 e. The van der Waals surface area contributed by atoms with Gasteiger partial charge in [-0.15, -0.1) is 0 Å². The van der Waals surface area contributed by atoms with E-state index in [4.69, 9.17) is 0 Å². The molecule has 0 bridgehead atoms. The molecule has 7 unspecified atom stereocenters. The molecule has 4 aliphatic carbocycles. The summed E-state index contributed by atoms with van der Waals surface area (Å²) in [6.07, 6.45) is 16.6. The van der Waals surface area contributed by atoms with Crippen LogP contribution in [0.2, 0.25) is 0 Å². The molecule has 7 atom stereocenters. The van der Waals surface area contributed by atoms with Gasteiger partial charge >= 0.3 is 0 Å². The van der Waals surface area contributed by atoms with E-state index in [2.05, 4.69) is 40.7 Å². The minimum Gasteiger partial charge on any atom is -0.300 e. The normalized spacial score (nSPS) is 43.9. The van der Waals surface area contributed by atoms with Crippen LogP contribution in [0.5, 0.6) is 0 Å². The van der Waals surface area contributed by atoms with Crippen molar-refractivity contribution in [2.45, 2.75) is 105 Å². The van der Waals surface area contributed by atoms with Gasteiger partial charge in [-0.1, -0.05) is 65.5 Å². The number of Topliss-reactive ketones (excluding diaryl/α,β-unsaturated/α-hetero) is 1. The number of hydrogen-bond acceptors (Lipinski definition) is 1. The molecule has 0 aromatic rings. The highest BCUT2D eigenvalue weighted by Gasteiger charge is 2.58. The lowest BCUT2D eigenvalue weighted by atomic mass is 9.47. The van der Waals surface area contributed by atoms with Gasteiger partial charge in [0.2, 0.25) is 0 Å². The molecule has 28 heavy (non-hydrogen) atoms. The minimum absolute atomic E-state index is 0.403. The summed E-state index contributed by atoms with van der Waals surface area (Å²) in [6.45, 7) is 12.5. The summed E-state index contributed by atoms with van der Waals surface area (Å²) in [4.78, 5) is 12.1. The van der Waals surface area contributed by atoms with Crippen LogP contribution in [0.4, 0.5) is 0 Å². The van der Waals surface area contributed by atoms with Crippen LogP contribution in [0.25, 0.3) is 0 Å². The molecular weight excluding hydrogens is 340 g/mol. The molecule has 4 aliphatic rings. The third kappa shape index (κ3) is 3.33. The van der Waals surface area contributed by atoms with E-state index < -0.39 is 0 Å². The number of carbonyl (C=O) groups excluding carboxylic acids is 1. The van der Waals surface area contributed by atoms with E-state index >= 15 is 0 Å². The molecule has 0 saturated heterocycles. The summed E-state index contributed by atoms with van der Waals surface area (Å²) in [5, 5.41) is 0. The third-order valence-electron chi connectivity index (χ3n) is 10.1. The van der Waals surface area contributed by atoms with Gasteiger partial charge in [0, 0.05) is 12.8 Å². The Morgan fingerprint density at radius 1 is 1.00 bits per heavy atom. The molecular formula is C27H44O. The first-order valence-electron chi connectivity index (χ1n) is 12.5. The lowest BCUT2D eigenvalue weighted by Gasteiger charge is -2.57. The zero-order chi connectivity index (χ0) is 20.1. The van der Waals surface area contributed by atoms with E-state index in [1.165, 1.54) is 51.4 Å². The Balaban J connectivity index is 1.51. The van der Waals surface area contributed by atoms with E-state index in [1.54, 1.807) is 0 Å². The van der Waals surface area contributed by atoms with Gasteiger partial charge in [-0.2, -0.15) is 0 Å². The number of fused-ring (bicyclic) bond motifs is 5. The van der Waals surface area contributed by atoms with Crippen molar-refractivity contribution >= 4 is 5.78 Å². The SMILES string of the molecule is CC(C)CCCC(C)C1CCC2C3=CCC4CC(=O)CCC4(C)C3CCC21C. The van der Waals surface area contributed by atoms with Crippen molar-refractivity contribution in [3.05, 3.63) is 11.6 Å². The summed E-state index contributed by atoms with van der Waals surface area (Å²) >= 11 is 0. The van der Waals surface area contributed by atoms with Crippen LogP contribution >= 0.6 is 0 Å². The molecule has 0 aromatic heterocycles. The van der Waals surface area contributed by atoms with Gasteiger partial charge in [0.05, 0.1) is 0 Å². The Bertz CT molecular complexity index is 630. The zero-order valence-electron chi connectivity index (χ0n) is 19.2. The Hall–Kier alpha value is -0.590. The highest BCUT2D eigenvalue weighted by atomic mass is 16.1. The topological polar surface area (TPSA) is 17.1 Å². The van der Waals surface area contributed by atoms with Gasteiger partial charge in [-0.25, -0.2) is 0 Å². The van der Waals surface area contributed by atoms with E-state index in [-0.39, 0.29) is 0 Å². The lowest BCUT2D eigenvalue weighted by Crippen LogP contribution is -2.49. The maximum Gasteiger partial charge on any atom is 0.133 e. The summed E-state index contributed by atoms with van der Waals surface area (Å²) in [5.74, 6) is 5.40. The Morgan fingerprint density at radius 2 is 1.75 bits per heavy atom. The highest BCUT2D eigenvalue weighted by Crippen LogP contribution is 2.66. The maximum atomic E-state index is 12.1. The van der Waals surface area contributed by atoms with Crippen LogP contribution in [0, 0.1) is 46.3 Å². The van der Waals surface area contributed by atoms with E-state index in [9.17, 15) is 4.79 Å². The van der Waals surface area contributed by atoms with E-state index in [0.717, 1.165) is 48.9 Å². The monoisotopic (exact) mass is 384 g/mol. The second-order valence-electron chi connectivity index (χ2n) is 12.0. The van der Waals surface area contributed by atoms with Crippen molar-refractivity contribution < 1.29 is 4.79 Å². The predicted molar refractivity (Wildman–Crippen MR) is 118 cm³/mol. The highest BCUT2D eigenvalue weighted by molar-refractivity contribution is 5.79. The molecule has 0 amide bonds. The average molecular weight is 385 g/mol. The van der Waals surface area contributed by atoms with Crippen molar-refractivity contribution in [3.63, 3.8) is 0 Å². The van der Waals surface area contributed by atoms with Gasteiger partial charge < -0.3 is 0 Å². The van der Waals surface area contributed by atoms with E-state index in [1.807, 2.05) is 5.57 Å². The summed E-state index contributed by atoms with van der Waals surface area (Å²) in [6, 6.07) is 0. The molecule has 4 rings (SSSR count). The van der Waals surface area contributed by atoms with Crippen molar-refractivity contribution in [3.8, 4) is 0 Å². The van der Waals surface area contributed by atoms with Gasteiger partial charge in [0.25, 0.3) is 0 Å². The molecule has 0 aliphatic heterocycles. The van der Waals surface area contributed by atoms with Crippen LogP contribution in [-0.4, -0.2) is 5.78 Å². The van der Waals surface area contributed by atoms with Crippen LogP contribution in [-0.2, 0) is 4.79 Å². The first-order chi connectivity index (χ1) is 13.3. The molecule has 3 fully saturated rings. The van der Waals surface area contributed by atoms with Gasteiger partial charge in [-0.05, 0) is 84.9 Å². The lowest BCUT2D eigenvalue weighted by molar-refractivity contribution is -0.127.